The van der Waals surface area contributed by atoms with E-state index < -0.39 is 0 Å². The Morgan fingerprint density at radius 2 is 2.22 bits per heavy atom. The molecule has 0 saturated carbocycles. The summed E-state index contributed by atoms with van der Waals surface area (Å²) in [5, 5.41) is 0.381. The van der Waals surface area contributed by atoms with Crippen LogP contribution in [0.25, 0.3) is 0 Å². The highest BCUT2D eigenvalue weighted by Crippen LogP contribution is 2.21. The van der Waals surface area contributed by atoms with E-state index in [4.69, 9.17) is 11.6 Å². The monoisotopic (exact) mass is 267 g/mol. The Hall–Kier alpha value is -1.16. The normalized spacial score (nSPS) is 20.9. The summed E-state index contributed by atoms with van der Waals surface area (Å²) < 4.78 is 0. The van der Waals surface area contributed by atoms with Gasteiger partial charge in [0.15, 0.2) is 0 Å². The van der Waals surface area contributed by atoms with Crippen LogP contribution in [0, 0.1) is 5.92 Å². The van der Waals surface area contributed by atoms with Crippen LogP contribution in [0.3, 0.4) is 0 Å². The first kappa shape index (κ1) is 13.3. The van der Waals surface area contributed by atoms with Gasteiger partial charge in [-0.1, -0.05) is 24.9 Å². The highest BCUT2D eigenvalue weighted by atomic mass is 35.5. The van der Waals surface area contributed by atoms with Crippen molar-refractivity contribution in [2.24, 2.45) is 5.92 Å². The minimum absolute atomic E-state index is 0.225. The zero-order valence-corrected chi connectivity index (χ0v) is 11.4. The molecule has 1 unspecified atom stereocenters. The molecule has 5 heteroatoms. The van der Waals surface area contributed by atoms with E-state index in [0.29, 0.717) is 24.0 Å². The summed E-state index contributed by atoms with van der Waals surface area (Å²) in [6.45, 7) is 3.55. The molecule has 0 radical (unpaired) electrons. The van der Waals surface area contributed by atoms with E-state index in [1.165, 1.54) is 6.20 Å². The maximum absolute atomic E-state index is 12.0. The van der Waals surface area contributed by atoms with Crippen molar-refractivity contribution in [1.82, 2.24) is 14.9 Å². The van der Waals surface area contributed by atoms with E-state index >= 15 is 0 Å². The first-order chi connectivity index (χ1) is 8.69. The van der Waals surface area contributed by atoms with Gasteiger partial charge in [0, 0.05) is 13.0 Å². The molecule has 98 valence electrons. The fraction of sp³-hybridized carbons (Fsp3) is 0.615. The van der Waals surface area contributed by atoms with Gasteiger partial charge in [-0.3, -0.25) is 9.78 Å². The topological polar surface area (TPSA) is 46.1 Å². The molecule has 1 atom stereocenters. The van der Waals surface area contributed by atoms with E-state index in [0.717, 1.165) is 31.5 Å². The van der Waals surface area contributed by atoms with E-state index in [9.17, 15) is 4.79 Å². The van der Waals surface area contributed by atoms with Crippen molar-refractivity contribution in [3.8, 4) is 0 Å². The van der Waals surface area contributed by atoms with E-state index in [-0.39, 0.29) is 5.91 Å². The van der Waals surface area contributed by atoms with Gasteiger partial charge in [-0.2, -0.15) is 0 Å². The maximum atomic E-state index is 12.0. The van der Waals surface area contributed by atoms with Gasteiger partial charge in [-0.15, -0.1) is 0 Å². The van der Waals surface area contributed by atoms with Crippen LogP contribution < -0.4 is 0 Å². The molecule has 1 aromatic rings. The van der Waals surface area contributed by atoms with Crippen LogP contribution in [-0.4, -0.2) is 27.3 Å². The van der Waals surface area contributed by atoms with Gasteiger partial charge in [0.2, 0.25) is 5.91 Å². The molecule has 2 rings (SSSR count). The third kappa shape index (κ3) is 3.42. The summed E-state index contributed by atoms with van der Waals surface area (Å²) in [4.78, 5) is 22.1. The molecule has 1 aliphatic rings. The fourth-order valence-corrected chi connectivity index (χ4v) is 2.38. The van der Waals surface area contributed by atoms with Crippen LogP contribution in [0.2, 0.25) is 5.15 Å². The van der Waals surface area contributed by atoms with Crippen molar-refractivity contribution in [2.75, 3.05) is 6.54 Å². The Kier molecular flexibility index (Phi) is 4.53. The van der Waals surface area contributed by atoms with Gasteiger partial charge in [0.1, 0.15) is 5.15 Å². The summed E-state index contributed by atoms with van der Waals surface area (Å²) in [6, 6.07) is 0. The molecule has 1 saturated heterocycles. The number of amides is 1. The Morgan fingerprint density at radius 1 is 1.39 bits per heavy atom. The van der Waals surface area contributed by atoms with Gasteiger partial charge in [0.05, 0.1) is 24.6 Å². The third-order valence-corrected chi connectivity index (χ3v) is 3.73. The molecular formula is C13H18ClN3O. The number of rotatable bonds is 3. The quantitative estimate of drug-likeness (QED) is 0.846. The molecule has 1 aromatic heterocycles. The van der Waals surface area contributed by atoms with Crippen molar-refractivity contribution in [3.05, 3.63) is 23.2 Å². The molecule has 4 nitrogen and oxygen atoms in total. The minimum atomic E-state index is 0.225. The van der Waals surface area contributed by atoms with Crippen molar-refractivity contribution < 1.29 is 4.79 Å². The second kappa shape index (κ2) is 6.14. The molecule has 0 aromatic carbocycles. The highest BCUT2D eigenvalue weighted by Gasteiger charge is 2.21. The molecule has 2 heterocycles. The summed E-state index contributed by atoms with van der Waals surface area (Å²) in [7, 11) is 0. The lowest BCUT2D eigenvalue weighted by molar-refractivity contribution is -0.131. The number of carbonyl (C=O) groups excluding carboxylic acids is 1. The average molecular weight is 268 g/mol. The van der Waals surface area contributed by atoms with Gasteiger partial charge < -0.3 is 4.90 Å². The van der Waals surface area contributed by atoms with Crippen molar-refractivity contribution in [2.45, 2.75) is 39.2 Å². The molecule has 0 spiro atoms. The molecule has 1 aliphatic heterocycles. The Balaban J connectivity index is 1.99. The van der Waals surface area contributed by atoms with Crippen molar-refractivity contribution >= 4 is 17.5 Å². The third-order valence-electron chi connectivity index (χ3n) is 3.53. The Labute approximate surface area is 112 Å². The number of hydrogen-bond acceptors (Lipinski definition) is 3. The standard InChI is InChI=1S/C13H18ClN3O/c1-2-10-3-4-13(18)17(6-5-10)9-11-7-16-12(14)8-15-11/h7-8,10H,2-6,9H2,1H3. The summed E-state index contributed by atoms with van der Waals surface area (Å²) >= 11 is 5.69. The number of nitrogens with zero attached hydrogens (tertiary/aromatic N) is 3. The zero-order valence-electron chi connectivity index (χ0n) is 10.6. The highest BCUT2D eigenvalue weighted by molar-refractivity contribution is 6.29. The second-order valence-corrected chi connectivity index (χ2v) is 5.13. The number of halogens is 1. The van der Waals surface area contributed by atoms with Crippen LogP contribution >= 0.6 is 11.6 Å². The fourth-order valence-electron chi connectivity index (χ4n) is 2.28. The number of likely N-dealkylation sites (tertiary alicyclic amines) is 1. The molecular weight excluding hydrogens is 250 g/mol. The predicted molar refractivity (Wildman–Crippen MR) is 70.1 cm³/mol. The lowest BCUT2D eigenvalue weighted by Gasteiger charge is -2.20. The Morgan fingerprint density at radius 3 is 2.89 bits per heavy atom. The largest absolute Gasteiger partial charge is 0.337 e. The first-order valence-corrected chi connectivity index (χ1v) is 6.81. The lowest BCUT2D eigenvalue weighted by atomic mass is 9.98. The minimum Gasteiger partial charge on any atom is -0.337 e. The molecule has 18 heavy (non-hydrogen) atoms. The molecule has 0 aliphatic carbocycles. The maximum Gasteiger partial charge on any atom is 0.222 e. The van der Waals surface area contributed by atoms with Gasteiger partial charge >= 0.3 is 0 Å². The van der Waals surface area contributed by atoms with Crippen LogP contribution in [-0.2, 0) is 11.3 Å². The first-order valence-electron chi connectivity index (χ1n) is 6.43. The smallest absolute Gasteiger partial charge is 0.222 e. The molecule has 1 amide bonds. The lowest BCUT2D eigenvalue weighted by Crippen LogP contribution is -2.30. The van der Waals surface area contributed by atoms with E-state index in [1.807, 2.05) is 4.90 Å². The van der Waals surface area contributed by atoms with Crippen molar-refractivity contribution in [3.63, 3.8) is 0 Å². The summed E-state index contributed by atoms with van der Waals surface area (Å²) in [5.41, 5.74) is 0.794. The molecule has 0 bridgehead atoms. The number of aromatic nitrogens is 2. The average Bonchev–Trinajstić information content (AvgIpc) is 2.55. The predicted octanol–water partition coefficient (Wildman–Crippen LogP) is 2.67. The number of hydrogen-bond donors (Lipinski definition) is 0. The van der Waals surface area contributed by atoms with Gasteiger partial charge in [-0.05, 0) is 18.8 Å². The van der Waals surface area contributed by atoms with Crippen LogP contribution in [0.15, 0.2) is 12.4 Å². The van der Waals surface area contributed by atoms with Crippen molar-refractivity contribution in [1.29, 1.82) is 0 Å². The second-order valence-electron chi connectivity index (χ2n) is 4.75. The van der Waals surface area contributed by atoms with Gasteiger partial charge in [-0.25, -0.2) is 4.98 Å². The SMILES string of the molecule is CCC1CCC(=O)N(Cc2cnc(Cl)cn2)CC1. The van der Waals surface area contributed by atoms with Crippen LogP contribution in [0.1, 0.15) is 38.3 Å². The molecule has 0 N–H and O–H groups in total. The van der Waals surface area contributed by atoms with Crippen LogP contribution in [0.5, 0.6) is 0 Å². The Bertz CT molecular complexity index is 407. The van der Waals surface area contributed by atoms with E-state index in [2.05, 4.69) is 16.9 Å². The van der Waals surface area contributed by atoms with E-state index in [1.54, 1.807) is 6.20 Å². The zero-order chi connectivity index (χ0) is 13.0. The van der Waals surface area contributed by atoms with Gasteiger partial charge in [0.25, 0.3) is 0 Å². The molecule has 1 fully saturated rings. The van der Waals surface area contributed by atoms with Crippen LogP contribution in [0.4, 0.5) is 0 Å². The number of carbonyl (C=O) groups is 1. The summed E-state index contributed by atoms with van der Waals surface area (Å²) in [5.74, 6) is 0.901. The summed E-state index contributed by atoms with van der Waals surface area (Å²) in [6.07, 6.45) is 7.06.